The SMILES string of the molecule is CN1CCN(c2nc(NC3CCC3)cc(C(=O)NCC(O)CN3CCC4=C(Cc5ccccc54)C3)n2)CC1. The van der Waals surface area contributed by atoms with Crippen molar-refractivity contribution in [1.29, 1.82) is 0 Å². The maximum absolute atomic E-state index is 13.1. The fourth-order valence-electron chi connectivity index (χ4n) is 5.93. The number of fused-ring (bicyclic) bond motifs is 2. The Morgan fingerprint density at radius 3 is 2.74 bits per heavy atom. The van der Waals surface area contributed by atoms with Crippen molar-refractivity contribution < 1.29 is 9.90 Å². The molecule has 202 valence electrons. The summed E-state index contributed by atoms with van der Waals surface area (Å²) in [6, 6.07) is 10.8. The summed E-state index contributed by atoms with van der Waals surface area (Å²) >= 11 is 0. The van der Waals surface area contributed by atoms with Crippen LogP contribution >= 0.6 is 0 Å². The van der Waals surface area contributed by atoms with Crippen molar-refractivity contribution in [2.45, 2.75) is 44.2 Å². The lowest BCUT2D eigenvalue weighted by Crippen LogP contribution is -2.45. The summed E-state index contributed by atoms with van der Waals surface area (Å²) in [5.74, 6) is 1.04. The van der Waals surface area contributed by atoms with Crippen LogP contribution in [0.15, 0.2) is 35.9 Å². The van der Waals surface area contributed by atoms with E-state index in [1.807, 2.05) is 0 Å². The van der Waals surface area contributed by atoms with Gasteiger partial charge in [0.1, 0.15) is 11.5 Å². The number of hydrogen-bond donors (Lipinski definition) is 3. The molecule has 1 aromatic carbocycles. The van der Waals surface area contributed by atoms with Crippen molar-refractivity contribution in [3.8, 4) is 0 Å². The van der Waals surface area contributed by atoms with Gasteiger partial charge < -0.3 is 25.5 Å². The normalized spacial score (nSPS) is 21.1. The molecule has 1 aromatic heterocycles. The van der Waals surface area contributed by atoms with Gasteiger partial charge in [-0.25, -0.2) is 4.98 Å². The summed E-state index contributed by atoms with van der Waals surface area (Å²) in [5.41, 5.74) is 6.13. The monoisotopic (exact) mass is 517 g/mol. The Labute approximate surface area is 224 Å². The molecule has 1 unspecified atom stereocenters. The number of piperazine rings is 1. The second kappa shape index (κ2) is 11.0. The Balaban J connectivity index is 1.06. The number of amides is 1. The van der Waals surface area contributed by atoms with E-state index in [4.69, 9.17) is 4.98 Å². The summed E-state index contributed by atoms with van der Waals surface area (Å²) in [7, 11) is 2.11. The summed E-state index contributed by atoms with van der Waals surface area (Å²) in [5, 5.41) is 17.2. The average molecular weight is 518 g/mol. The van der Waals surface area contributed by atoms with Gasteiger partial charge in [-0.3, -0.25) is 9.69 Å². The zero-order chi connectivity index (χ0) is 26.1. The number of aliphatic hydroxyl groups excluding tert-OH is 1. The Hall–Kier alpha value is -3.01. The lowest BCUT2D eigenvalue weighted by atomic mass is 9.93. The predicted molar refractivity (Wildman–Crippen MR) is 149 cm³/mol. The molecule has 3 heterocycles. The second-order valence-electron chi connectivity index (χ2n) is 11.3. The molecule has 2 aliphatic heterocycles. The fraction of sp³-hybridized carbons (Fsp3) is 0.552. The van der Waals surface area contributed by atoms with E-state index < -0.39 is 6.10 Å². The molecule has 2 aromatic rings. The number of β-amino-alcohol motifs (C(OH)–C–C–N with tert-alkyl or cyclic N) is 1. The third-order valence-corrected chi connectivity index (χ3v) is 8.42. The molecule has 1 saturated carbocycles. The van der Waals surface area contributed by atoms with Crippen molar-refractivity contribution in [3.05, 3.63) is 52.7 Å². The quantitative estimate of drug-likeness (QED) is 0.489. The fourth-order valence-corrected chi connectivity index (χ4v) is 5.93. The van der Waals surface area contributed by atoms with Crippen LogP contribution in [0.3, 0.4) is 0 Å². The van der Waals surface area contributed by atoms with E-state index in [0.717, 1.165) is 65.0 Å². The van der Waals surface area contributed by atoms with Crippen LogP contribution in [0.4, 0.5) is 11.8 Å². The minimum atomic E-state index is -0.642. The van der Waals surface area contributed by atoms with Crippen LogP contribution in [0.5, 0.6) is 0 Å². The number of carbonyl (C=O) groups excluding carboxylic acids is 1. The molecule has 2 fully saturated rings. The predicted octanol–water partition coefficient (Wildman–Crippen LogP) is 2.00. The maximum atomic E-state index is 13.1. The first kappa shape index (κ1) is 25.3. The summed E-state index contributed by atoms with van der Waals surface area (Å²) < 4.78 is 0. The Morgan fingerprint density at radius 1 is 1.13 bits per heavy atom. The van der Waals surface area contributed by atoms with Gasteiger partial charge in [-0.2, -0.15) is 4.98 Å². The Kier molecular flexibility index (Phi) is 7.32. The van der Waals surface area contributed by atoms with Gasteiger partial charge in [-0.1, -0.05) is 24.3 Å². The molecule has 9 heteroatoms. The highest BCUT2D eigenvalue weighted by Gasteiger charge is 2.28. The van der Waals surface area contributed by atoms with Crippen LogP contribution in [-0.2, 0) is 6.42 Å². The molecule has 1 atom stereocenters. The van der Waals surface area contributed by atoms with Crippen molar-refractivity contribution in [1.82, 2.24) is 25.1 Å². The van der Waals surface area contributed by atoms with Crippen LogP contribution in [0.25, 0.3) is 5.57 Å². The van der Waals surface area contributed by atoms with Crippen molar-refractivity contribution in [2.75, 3.05) is 69.6 Å². The summed E-state index contributed by atoms with van der Waals surface area (Å²) in [6.45, 7) is 6.10. The molecule has 3 N–H and O–H groups in total. The lowest BCUT2D eigenvalue weighted by Gasteiger charge is -2.33. The summed E-state index contributed by atoms with van der Waals surface area (Å²) in [6.07, 6.45) is 4.86. The molecule has 2 aliphatic carbocycles. The van der Waals surface area contributed by atoms with E-state index in [9.17, 15) is 9.90 Å². The molecule has 9 nitrogen and oxygen atoms in total. The zero-order valence-electron chi connectivity index (χ0n) is 22.3. The molecular formula is C29H39N7O2. The van der Waals surface area contributed by atoms with Gasteiger partial charge in [0.2, 0.25) is 5.95 Å². The topological polar surface area (TPSA) is 96.9 Å². The lowest BCUT2D eigenvalue weighted by molar-refractivity contribution is 0.0862. The molecule has 0 bridgehead atoms. The van der Waals surface area contributed by atoms with Gasteiger partial charge in [0.05, 0.1) is 6.10 Å². The van der Waals surface area contributed by atoms with Crippen LogP contribution < -0.4 is 15.5 Å². The maximum Gasteiger partial charge on any atom is 0.270 e. The number of carbonyl (C=O) groups is 1. The zero-order valence-corrected chi connectivity index (χ0v) is 22.3. The van der Waals surface area contributed by atoms with Gasteiger partial charge in [0.25, 0.3) is 5.91 Å². The first-order valence-electron chi connectivity index (χ1n) is 14.1. The van der Waals surface area contributed by atoms with Crippen LogP contribution in [0.2, 0.25) is 0 Å². The Bertz CT molecular complexity index is 1200. The van der Waals surface area contributed by atoms with Crippen LogP contribution in [0.1, 0.15) is 47.3 Å². The minimum Gasteiger partial charge on any atom is -0.390 e. The molecular weight excluding hydrogens is 478 g/mol. The van der Waals surface area contributed by atoms with E-state index in [-0.39, 0.29) is 12.5 Å². The molecule has 0 radical (unpaired) electrons. The number of hydrogen-bond acceptors (Lipinski definition) is 8. The van der Waals surface area contributed by atoms with Crippen molar-refractivity contribution >= 4 is 23.2 Å². The number of nitrogens with one attached hydrogen (secondary N) is 2. The number of benzene rings is 1. The standard InChI is InChI=1S/C29H39N7O2/c1-34-11-13-36(14-12-34)29-32-26(16-27(33-29)31-22-6-4-7-22)28(38)30-17-23(37)19-35-10-9-25-21(18-35)15-20-5-2-3-8-24(20)25/h2-3,5,8,16,22-23,37H,4,6-7,9-15,17-19H2,1H3,(H,30,38)(H,31,32,33). The number of rotatable bonds is 8. The van der Waals surface area contributed by atoms with E-state index >= 15 is 0 Å². The average Bonchev–Trinajstić information content (AvgIpc) is 3.27. The van der Waals surface area contributed by atoms with Crippen molar-refractivity contribution in [2.24, 2.45) is 0 Å². The number of aromatic nitrogens is 2. The van der Waals surface area contributed by atoms with Crippen molar-refractivity contribution in [3.63, 3.8) is 0 Å². The van der Waals surface area contributed by atoms with Crippen LogP contribution in [-0.4, -0.2) is 102 Å². The van der Waals surface area contributed by atoms with E-state index in [1.54, 1.807) is 6.07 Å². The van der Waals surface area contributed by atoms with Gasteiger partial charge in [-0.05, 0) is 61.4 Å². The van der Waals surface area contributed by atoms with Gasteiger partial charge in [-0.15, -0.1) is 0 Å². The Morgan fingerprint density at radius 2 is 1.95 bits per heavy atom. The van der Waals surface area contributed by atoms with Gasteiger partial charge >= 0.3 is 0 Å². The second-order valence-corrected chi connectivity index (χ2v) is 11.3. The third-order valence-electron chi connectivity index (χ3n) is 8.42. The van der Waals surface area contributed by atoms with Crippen LogP contribution in [0, 0.1) is 0 Å². The largest absolute Gasteiger partial charge is 0.390 e. The molecule has 1 amide bonds. The number of nitrogens with zero attached hydrogens (tertiary/aromatic N) is 5. The highest BCUT2D eigenvalue weighted by molar-refractivity contribution is 5.93. The number of aliphatic hydroxyl groups is 1. The van der Waals surface area contributed by atoms with E-state index in [1.165, 1.54) is 28.7 Å². The van der Waals surface area contributed by atoms with Gasteiger partial charge in [0, 0.05) is 64.5 Å². The first-order valence-corrected chi connectivity index (χ1v) is 14.1. The smallest absolute Gasteiger partial charge is 0.270 e. The first-order chi connectivity index (χ1) is 18.5. The van der Waals surface area contributed by atoms with E-state index in [2.05, 4.69) is 61.6 Å². The molecule has 6 rings (SSSR count). The van der Waals surface area contributed by atoms with E-state index in [0.29, 0.717) is 30.0 Å². The highest BCUT2D eigenvalue weighted by atomic mass is 16.3. The summed E-state index contributed by atoms with van der Waals surface area (Å²) in [4.78, 5) is 29.3. The molecule has 1 saturated heterocycles. The number of likely N-dealkylation sites (N-methyl/N-ethyl adjacent to an activating group) is 1. The molecule has 0 spiro atoms. The van der Waals surface area contributed by atoms with Gasteiger partial charge in [0.15, 0.2) is 0 Å². The minimum absolute atomic E-state index is 0.195. The molecule has 38 heavy (non-hydrogen) atoms. The highest BCUT2D eigenvalue weighted by Crippen LogP contribution is 2.37. The molecule has 4 aliphatic rings. The third kappa shape index (κ3) is 5.55. The number of anilines is 2.